The quantitative estimate of drug-likeness (QED) is 0.392. The van der Waals surface area contributed by atoms with Crippen LogP contribution in [0.5, 0.6) is 5.75 Å². The maximum Gasteiger partial charge on any atom is 0.406 e. The van der Waals surface area contributed by atoms with Crippen molar-refractivity contribution in [2.75, 3.05) is 70.3 Å². The Kier molecular flexibility index (Phi) is 9.60. The standard InChI is InChI=1S/C31H37F3N4O3/c1-37-13-10-28-23(21-37)11-14-39-15-16-40-17-18-41-26-7-2-5-24(19-26)35-12-4-6-25-20-27-29(36-28)8-3-9-30(27)38(25)22-31(32,33)34/h2-3,5,7-9,19-20,23,28,35-36H,10-18,21-22H2,1H3/t23-,28-/m0/s1. The van der Waals surface area contributed by atoms with E-state index in [-0.39, 0.29) is 12.6 Å². The zero-order chi connectivity index (χ0) is 28.7. The Morgan fingerprint density at radius 1 is 0.976 bits per heavy atom. The van der Waals surface area contributed by atoms with E-state index in [1.165, 1.54) is 4.57 Å². The number of alkyl halides is 3. The van der Waals surface area contributed by atoms with Crippen molar-refractivity contribution in [2.45, 2.75) is 31.6 Å². The third-order valence-electron chi connectivity index (χ3n) is 7.49. The van der Waals surface area contributed by atoms with Gasteiger partial charge in [-0.15, -0.1) is 0 Å². The van der Waals surface area contributed by atoms with E-state index < -0.39 is 12.7 Å². The Labute approximate surface area is 238 Å². The van der Waals surface area contributed by atoms with Crippen LogP contribution >= 0.6 is 0 Å². The number of hydrogen-bond acceptors (Lipinski definition) is 6. The van der Waals surface area contributed by atoms with Crippen molar-refractivity contribution in [1.29, 1.82) is 0 Å². The molecule has 10 heteroatoms. The Morgan fingerprint density at radius 2 is 1.78 bits per heavy atom. The van der Waals surface area contributed by atoms with Crippen molar-refractivity contribution in [3.05, 3.63) is 54.2 Å². The maximum atomic E-state index is 13.6. The number of benzene rings is 2. The summed E-state index contributed by atoms with van der Waals surface area (Å²) in [4.78, 5) is 2.32. The van der Waals surface area contributed by atoms with E-state index in [1.807, 2.05) is 36.4 Å². The van der Waals surface area contributed by atoms with Gasteiger partial charge >= 0.3 is 6.18 Å². The molecule has 1 aromatic heterocycles. The highest BCUT2D eigenvalue weighted by Crippen LogP contribution is 2.32. The van der Waals surface area contributed by atoms with Crippen LogP contribution in [0.1, 0.15) is 18.5 Å². The van der Waals surface area contributed by atoms with E-state index >= 15 is 0 Å². The second kappa shape index (κ2) is 13.5. The van der Waals surface area contributed by atoms with Crippen LogP contribution in [0.3, 0.4) is 0 Å². The Hall–Kier alpha value is -3.39. The summed E-state index contributed by atoms with van der Waals surface area (Å²) < 4.78 is 59.5. The number of fused-ring (bicyclic) bond motifs is 4. The number of halogens is 3. The molecule has 4 bridgehead atoms. The normalized spacial score (nSPS) is 21.6. The Bertz CT molecular complexity index is 1360. The molecule has 5 rings (SSSR count). The smallest absolute Gasteiger partial charge is 0.406 e. The van der Waals surface area contributed by atoms with Gasteiger partial charge in [-0.3, -0.25) is 0 Å². The molecular weight excluding hydrogens is 533 g/mol. The molecule has 1 fully saturated rings. The van der Waals surface area contributed by atoms with E-state index in [9.17, 15) is 13.2 Å². The first-order valence-corrected chi connectivity index (χ1v) is 14.1. The fourth-order valence-corrected chi connectivity index (χ4v) is 5.51. The minimum absolute atomic E-state index is 0.176. The van der Waals surface area contributed by atoms with Crippen LogP contribution in [0.4, 0.5) is 24.5 Å². The van der Waals surface area contributed by atoms with Crippen molar-refractivity contribution in [3.63, 3.8) is 0 Å². The van der Waals surface area contributed by atoms with E-state index in [4.69, 9.17) is 14.2 Å². The molecule has 7 nitrogen and oxygen atoms in total. The van der Waals surface area contributed by atoms with Crippen molar-refractivity contribution in [3.8, 4) is 17.6 Å². The lowest BCUT2D eigenvalue weighted by molar-refractivity contribution is -0.140. The predicted molar refractivity (Wildman–Crippen MR) is 155 cm³/mol. The van der Waals surface area contributed by atoms with Crippen molar-refractivity contribution >= 4 is 22.3 Å². The third-order valence-corrected chi connectivity index (χ3v) is 7.49. The molecule has 2 aromatic carbocycles. The highest BCUT2D eigenvalue weighted by atomic mass is 19.4. The van der Waals surface area contributed by atoms with E-state index in [0.29, 0.717) is 55.9 Å². The van der Waals surface area contributed by atoms with Crippen LogP contribution in [0.2, 0.25) is 0 Å². The van der Waals surface area contributed by atoms with Crippen LogP contribution in [-0.2, 0) is 16.0 Å². The van der Waals surface area contributed by atoms with Gasteiger partial charge in [0.15, 0.2) is 0 Å². The highest BCUT2D eigenvalue weighted by Gasteiger charge is 2.31. The summed E-state index contributed by atoms with van der Waals surface area (Å²) >= 11 is 0. The molecule has 2 N–H and O–H groups in total. The number of nitrogens with zero attached hydrogens (tertiary/aromatic N) is 2. The summed E-state index contributed by atoms with van der Waals surface area (Å²) in [5.41, 5.74) is 2.47. The van der Waals surface area contributed by atoms with Crippen LogP contribution in [0.25, 0.3) is 10.9 Å². The Morgan fingerprint density at radius 3 is 2.63 bits per heavy atom. The summed E-state index contributed by atoms with van der Waals surface area (Å²) in [6, 6.07) is 14.9. The van der Waals surface area contributed by atoms with Crippen LogP contribution in [-0.4, -0.2) is 81.4 Å². The van der Waals surface area contributed by atoms with Crippen LogP contribution in [0, 0.1) is 17.8 Å². The van der Waals surface area contributed by atoms with E-state index in [2.05, 4.69) is 34.4 Å². The summed E-state index contributed by atoms with van der Waals surface area (Å²) in [7, 11) is 2.12. The largest absolute Gasteiger partial charge is 0.491 e. The minimum atomic E-state index is -4.38. The fraction of sp³-hybridized carbons (Fsp3) is 0.484. The predicted octanol–water partition coefficient (Wildman–Crippen LogP) is 5.22. The van der Waals surface area contributed by atoms with Crippen molar-refractivity contribution in [2.24, 2.45) is 5.92 Å². The van der Waals surface area contributed by atoms with Gasteiger partial charge in [0.1, 0.15) is 18.9 Å². The van der Waals surface area contributed by atoms with Gasteiger partial charge in [0.25, 0.3) is 0 Å². The first-order chi connectivity index (χ1) is 19.9. The Balaban J connectivity index is 1.45. The molecule has 2 aliphatic rings. The van der Waals surface area contributed by atoms with Crippen molar-refractivity contribution < 1.29 is 27.4 Å². The lowest BCUT2D eigenvalue weighted by atomic mass is 9.89. The van der Waals surface area contributed by atoms with E-state index in [0.717, 1.165) is 42.7 Å². The molecule has 0 amide bonds. The second-order valence-corrected chi connectivity index (χ2v) is 10.6. The number of aromatic nitrogens is 1. The number of ether oxygens (including phenoxy) is 3. The molecule has 41 heavy (non-hydrogen) atoms. The SMILES string of the molecule is CN1CC[C@@H]2Nc3cccc4c3cc(n4CC(F)(F)F)C#CCNc3cccc(c3)OCCOCCOCC[C@H]2C1. The van der Waals surface area contributed by atoms with Gasteiger partial charge in [0.2, 0.25) is 0 Å². The van der Waals surface area contributed by atoms with Gasteiger partial charge < -0.3 is 34.3 Å². The molecule has 2 aliphatic heterocycles. The lowest BCUT2D eigenvalue weighted by Gasteiger charge is -2.38. The zero-order valence-corrected chi connectivity index (χ0v) is 23.3. The van der Waals surface area contributed by atoms with Gasteiger partial charge in [-0.05, 0) is 68.6 Å². The molecule has 0 radical (unpaired) electrons. The van der Waals surface area contributed by atoms with Gasteiger partial charge in [-0.25, -0.2) is 0 Å². The molecule has 0 saturated carbocycles. The molecular formula is C31H37F3N4O3. The molecule has 0 aliphatic carbocycles. The first-order valence-electron chi connectivity index (χ1n) is 14.1. The molecule has 3 heterocycles. The average Bonchev–Trinajstić information content (AvgIpc) is 3.28. The van der Waals surface area contributed by atoms with Crippen molar-refractivity contribution in [1.82, 2.24) is 9.47 Å². The summed E-state index contributed by atoms with van der Waals surface area (Å²) in [6.45, 7) is 3.52. The van der Waals surface area contributed by atoms with Gasteiger partial charge in [-0.1, -0.05) is 18.1 Å². The second-order valence-electron chi connectivity index (χ2n) is 10.6. The monoisotopic (exact) mass is 570 g/mol. The van der Waals surface area contributed by atoms with Gasteiger partial charge in [-0.2, -0.15) is 13.2 Å². The summed E-state index contributed by atoms with van der Waals surface area (Å²) in [6.07, 6.45) is -2.57. The molecule has 2 atom stereocenters. The number of hydrogen-bond donors (Lipinski definition) is 2. The number of likely N-dealkylation sites (tertiary alicyclic amines) is 1. The lowest BCUT2D eigenvalue weighted by Crippen LogP contribution is -2.45. The first kappa shape index (κ1) is 29.1. The highest BCUT2D eigenvalue weighted by molar-refractivity contribution is 5.94. The number of nitrogens with one attached hydrogen (secondary N) is 2. The molecule has 0 spiro atoms. The van der Waals surface area contributed by atoms with E-state index in [1.54, 1.807) is 12.1 Å². The summed E-state index contributed by atoms with van der Waals surface area (Å²) in [5, 5.41) is 7.63. The van der Waals surface area contributed by atoms with Gasteiger partial charge in [0, 0.05) is 42.0 Å². The molecule has 3 aromatic rings. The minimum Gasteiger partial charge on any atom is -0.491 e. The molecule has 220 valence electrons. The van der Waals surface area contributed by atoms with Gasteiger partial charge in [0.05, 0.1) is 37.6 Å². The van der Waals surface area contributed by atoms with Crippen LogP contribution < -0.4 is 15.4 Å². The fourth-order valence-electron chi connectivity index (χ4n) is 5.51. The number of anilines is 2. The topological polar surface area (TPSA) is 59.9 Å². The zero-order valence-electron chi connectivity index (χ0n) is 23.3. The summed E-state index contributed by atoms with van der Waals surface area (Å²) in [5.74, 6) is 7.01. The molecule has 0 unspecified atom stereocenters. The average molecular weight is 571 g/mol. The molecule has 1 saturated heterocycles. The number of rotatable bonds is 1. The maximum absolute atomic E-state index is 13.6. The third kappa shape index (κ3) is 8.09. The number of piperidine rings is 1. The van der Waals surface area contributed by atoms with Crippen LogP contribution in [0.15, 0.2) is 48.5 Å².